The maximum atomic E-state index is 11.7. The Morgan fingerprint density at radius 3 is 2.73 bits per heavy atom. The van der Waals surface area contributed by atoms with Crippen molar-refractivity contribution < 1.29 is 8.42 Å². The molecule has 0 saturated carbocycles. The van der Waals surface area contributed by atoms with Crippen molar-refractivity contribution in [2.24, 2.45) is 4.40 Å². The molecule has 1 aliphatic heterocycles. The first-order valence-electron chi connectivity index (χ1n) is 4.27. The maximum Gasteiger partial charge on any atom is 0.287 e. The molecule has 2 rings (SSSR count). The number of halogens is 1. The van der Waals surface area contributed by atoms with Gasteiger partial charge in [-0.25, -0.2) is 0 Å². The van der Waals surface area contributed by atoms with Crippen LogP contribution in [0, 0.1) is 6.92 Å². The fourth-order valence-electron chi connectivity index (χ4n) is 1.41. The van der Waals surface area contributed by atoms with Crippen LogP contribution < -0.4 is 4.90 Å². The van der Waals surface area contributed by atoms with Crippen molar-refractivity contribution in [3.63, 3.8) is 0 Å². The summed E-state index contributed by atoms with van der Waals surface area (Å²) in [6.07, 6.45) is 0. The fourth-order valence-corrected chi connectivity index (χ4v) is 3.00. The number of benzene rings is 1. The van der Waals surface area contributed by atoms with Gasteiger partial charge in [-0.2, -0.15) is 8.42 Å². The zero-order chi connectivity index (χ0) is 11.2. The molecule has 1 aliphatic rings. The molecule has 1 heterocycles. The van der Waals surface area contributed by atoms with Gasteiger partial charge in [-0.1, -0.05) is 6.07 Å². The van der Waals surface area contributed by atoms with Crippen molar-refractivity contribution >= 4 is 32.6 Å². The fraction of sp³-hybridized carbons (Fsp3) is 0.222. The lowest BCUT2D eigenvalue weighted by atomic mass is 10.2. The highest BCUT2D eigenvalue weighted by molar-refractivity contribution is 7.90. The van der Waals surface area contributed by atoms with Crippen LogP contribution >= 0.6 is 11.6 Å². The van der Waals surface area contributed by atoms with Crippen LogP contribution in [0.15, 0.2) is 27.5 Å². The second-order valence-electron chi connectivity index (χ2n) is 3.37. The Bertz CT molecular complexity index is 551. The molecule has 0 amide bonds. The SMILES string of the molecule is Cc1ccc2c(c1)S(=O)(=O)N=C(Cl)N2C. The highest BCUT2D eigenvalue weighted by Crippen LogP contribution is 2.31. The van der Waals surface area contributed by atoms with E-state index in [1.165, 1.54) is 4.90 Å². The zero-order valence-electron chi connectivity index (χ0n) is 8.23. The molecule has 0 aromatic heterocycles. The van der Waals surface area contributed by atoms with E-state index in [1.54, 1.807) is 19.2 Å². The Labute approximate surface area is 93.2 Å². The normalized spacial score (nSPS) is 18.3. The van der Waals surface area contributed by atoms with Crippen molar-refractivity contribution in [1.82, 2.24) is 0 Å². The second kappa shape index (κ2) is 3.21. The van der Waals surface area contributed by atoms with Gasteiger partial charge in [0, 0.05) is 7.05 Å². The quantitative estimate of drug-likeness (QED) is 0.653. The smallest absolute Gasteiger partial charge is 0.287 e. The molecule has 4 nitrogen and oxygen atoms in total. The predicted octanol–water partition coefficient (Wildman–Crippen LogP) is 1.73. The minimum Gasteiger partial charge on any atom is -0.318 e. The van der Waals surface area contributed by atoms with Crippen molar-refractivity contribution in [3.05, 3.63) is 23.8 Å². The first kappa shape index (κ1) is 10.4. The Morgan fingerprint density at radius 2 is 2.07 bits per heavy atom. The van der Waals surface area contributed by atoms with Gasteiger partial charge in [0.1, 0.15) is 4.90 Å². The van der Waals surface area contributed by atoms with Crippen molar-refractivity contribution in [2.45, 2.75) is 11.8 Å². The van der Waals surface area contributed by atoms with Gasteiger partial charge in [-0.05, 0) is 36.2 Å². The van der Waals surface area contributed by atoms with Crippen LogP contribution in [0.1, 0.15) is 5.56 Å². The number of aryl methyl sites for hydroxylation is 1. The van der Waals surface area contributed by atoms with E-state index in [0.717, 1.165) is 5.56 Å². The van der Waals surface area contributed by atoms with Crippen molar-refractivity contribution in [1.29, 1.82) is 0 Å². The molecular weight excluding hydrogens is 236 g/mol. The predicted molar refractivity (Wildman–Crippen MR) is 60.1 cm³/mol. The zero-order valence-corrected chi connectivity index (χ0v) is 9.80. The molecule has 80 valence electrons. The average Bonchev–Trinajstić information content (AvgIpc) is 2.14. The number of amidine groups is 1. The van der Waals surface area contributed by atoms with Crippen molar-refractivity contribution in [3.8, 4) is 0 Å². The van der Waals surface area contributed by atoms with Gasteiger partial charge in [0.2, 0.25) is 5.29 Å². The lowest BCUT2D eigenvalue weighted by molar-refractivity contribution is 0.597. The number of sulfonamides is 1. The first-order chi connectivity index (χ1) is 6.92. The minimum atomic E-state index is -3.63. The molecular formula is C9H9ClN2O2S. The molecule has 1 aromatic carbocycles. The highest BCUT2D eigenvalue weighted by Gasteiger charge is 2.27. The van der Waals surface area contributed by atoms with E-state index in [9.17, 15) is 8.42 Å². The Kier molecular flexibility index (Phi) is 2.24. The van der Waals surface area contributed by atoms with E-state index >= 15 is 0 Å². The van der Waals surface area contributed by atoms with Gasteiger partial charge < -0.3 is 4.90 Å². The Balaban J connectivity index is 2.78. The van der Waals surface area contributed by atoms with Crippen LogP contribution in [0.5, 0.6) is 0 Å². The van der Waals surface area contributed by atoms with Crippen LogP contribution in [-0.2, 0) is 10.0 Å². The van der Waals surface area contributed by atoms with Gasteiger partial charge in [0.05, 0.1) is 5.69 Å². The summed E-state index contributed by atoms with van der Waals surface area (Å²) in [6.45, 7) is 1.83. The Morgan fingerprint density at radius 1 is 1.40 bits per heavy atom. The number of hydrogen-bond donors (Lipinski definition) is 0. The molecule has 1 aromatic rings. The van der Waals surface area contributed by atoms with Crippen LogP contribution in [0.2, 0.25) is 0 Å². The third-order valence-electron chi connectivity index (χ3n) is 2.23. The lowest BCUT2D eigenvalue weighted by Gasteiger charge is -2.23. The van der Waals surface area contributed by atoms with Gasteiger partial charge in [-0.15, -0.1) is 4.40 Å². The molecule has 0 atom stereocenters. The number of anilines is 1. The van der Waals surface area contributed by atoms with E-state index in [-0.39, 0.29) is 10.2 Å². The number of nitrogens with zero attached hydrogens (tertiary/aromatic N) is 2. The Hall–Kier alpha value is -1.07. The summed E-state index contributed by atoms with van der Waals surface area (Å²) >= 11 is 5.72. The number of hydrogen-bond acceptors (Lipinski definition) is 3. The first-order valence-corrected chi connectivity index (χ1v) is 6.08. The third kappa shape index (κ3) is 1.61. The maximum absolute atomic E-state index is 11.7. The summed E-state index contributed by atoms with van der Waals surface area (Å²) in [5, 5.41) is -0.0358. The van der Waals surface area contributed by atoms with E-state index in [0.29, 0.717) is 5.69 Å². The number of fused-ring (bicyclic) bond motifs is 1. The van der Waals surface area contributed by atoms with Crippen LogP contribution in [0.25, 0.3) is 0 Å². The van der Waals surface area contributed by atoms with E-state index in [1.807, 2.05) is 13.0 Å². The number of rotatable bonds is 0. The summed E-state index contributed by atoms with van der Waals surface area (Å²) in [7, 11) is -1.96. The van der Waals surface area contributed by atoms with Gasteiger partial charge in [0.15, 0.2) is 0 Å². The van der Waals surface area contributed by atoms with Crippen LogP contribution in [0.3, 0.4) is 0 Å². The molecule has 6 heteroatoms. The van der Waals surface area contributed by atoms with Crippen LogP contribution in [0.4, 0.5) is 5.69 Å². The third-order valence-corrected chi connectivity index (χ3v) is 3.96. The summed E-state index contributed by atoms with van der Waals surface area (Å²) in [6, 6.07) is 5.15. The highest BCUT2D eigenvalue weighted by atomic mass is 35.5. The molecule has 0 spiro atoms. The second-order valence-corrected chi connectivity index (χ2v) is 5.28. The molecule has 0 aliphatic carbocycles. The summed E-state index contributed by atoms with van der Waals surface area (Å²) in [5.74, 6) is 0. The molecule has 0 fully saturated rings. The molecule has 0 saturated heterocycles. The standard InChI is InChI=1S/C9H9ClN2O2S/c1-6-3-4-7-8(5-6)15(13,14)11-9(10)12(7)2/h3-5H,1-2H3. The van der Waals surface area contributed by atoms with Gasteiger partial charge in [0.25, 0.3) is 10.0 Å². The molecule has 0 radical (unpaired) electrons. The summed E-state index contributed by atoms with van der Waals surface area (Å²) in [4.78, 5) is 1.74. The summed E-state index contributed by atoms with van der Waals surface area (Å²) in [5.41, 5.74) is 1.43. The summed E-state index contributed by atoms with van der Waals surface area (Å²) < 4.78 is 26.8. The van der Waals surface area contributed by atoms with Gasteiger partial charge in [-0.3, -0.25) is 0 Å². The average molecular weight is 245 g/mol. The van der Waals surface area contributed by atoms with Crippen molar-refractivity contribution in [2.75, 3.05) is 11.9 Å². The van der Waals surface area contributed by atoms with E-state index in [4.69, 9.17) is 11.6 Å². The minimum absolute atomic E-state index is 0.0358. The molecule has 15 heavy (non-hydrogen) atoms. The monoisotopic (exact) mass is 244 g/mol. The molecule has 0 unspecified atom stereocenters. The topological polar surface area (TPSA) is 49.7 Å². The van der Waals surface area contributed by atoms with Crippen LogP contribution in [-0.4, -0.2) is 20.8 Å². The van der Waals surface area contributed by atoms with Gasteiger partial charge >= 0.3 is 0 Å². The molecule has 0 N–H and O–H groups in total. The van der Waals surface area contributed by atoms with E-state index in [2.05, 4.69) is 4.40 Å². The largest absolute Gasteiger partial charge is 0.318 e. The lowest BCUT2D eigenvalue weighted by Crippen LogP contribution is -2.28. The van der Waals surface area contributed by atoms with E-state index < -0.39 is 10.0 Å². The molecule has 0 bridgehead atoms.